The molecule has 1 heterocycles. The largest absolute Gasteiger partial charge is 0.386 e. The van der Waals surface area contributed by atoms with Crippen LogP contribution in [-0.4, -0.2) is 27.2 Å². The van der Waals surface area contributed by atoms with E-state index in [4.69, 9.17) is 5.11 Å². The van der Waals surface area contributed by atoms with Crippen LogP contribution in [0.3, 0.4) is 0 Å². The molecule has 1 rings (SSSR count). The summed E-state index contributed by atoms with van der Waals surface area (Å²) >= 11 is 1.68. The van der Waals surface area contributed by atoms with Gasteiger partial charge in [0, 0.05) is 6.20 Å². The van der Waals surface area contributed by atoms with Gasteiger partial charge in [0.2, 0.25) is 0 Å². The van der Waals surface area contributed by atoms with Crippen molar-refractivity contribution >= 4 is 28.5 Å². The number of nitrogens with zero attached hydrogens (tertiary/aromatic N) is 1. The number of hydrogen-bond acceptors (Lipinski definition) is 4. The number of aromatic amines is 1. The molecule has 0 aromatic carbocycles. The molecule has 7 heteroatoms. The summed E-state index contributed by atoms with van der Waals surface area (Å²) < 4.78 is 0.570. The molecule has 0 atom stereocenters. The van der Waals surface area contributed by atoms with Crippen molar-refractivity contribution in [1.82, 2.24) is 9.55 Å². The predicted molar refractivity (Wildman–Crippen MR) is 51.8 cm³/mol. The van der Waals surface area contributed by atoms with E-state index >= 15 is 0 Å². The van der Waals surface area contributed by atoms with Crippen LogP contribution >= 0.6 is 22.6 Å². The molecule has 2 N–H and O–H groups in total. The molecule has 0 unspecified atom stereocenters. The number of nitrogens with one attached hydrogen (secondary N) is 1. The Kier molecular flexibility index (Phi) is 2.98. The van der Waals surface area contributed by atoms with Crippen molar-refractivity contribution in [3.05, 3.63) is 30.6 Å². The van der Waals surface area contributed by atoms with Crippen molar-refractivity contribution in [2.45, 2.75) is 0 Å². The minimum atomic E-state index is -0.940. The second-order valence-electron chi connectivity index (χ2n) is 2.13. The van der Waals surface area contributed by atoms with Crippen molar-refractivity contribution in [1.29, 1.82) is 0 Å². The molecule has 0 radical (unpaired) electrons. The normalized spacial score (nSPS) is 10.0. The highest BCUT2D eigenvalue weighted by Gasteiger charge is 2.11. The van der Waals surface area contributed by atoms with Gasteiger partial charge in [-0.05, 0) is 22.6 Å². The second-order valence-corrected chi connectivity index (χ2v) is 3.30. The number of aromatic nitrogens is 2. The molecule has 0 saturated carbocycles. The third kappa shape index (κ3) is 1.86. The fourth-order valence-corrected chi connectivity index (χ4v) is 1.14. The van der Waals surface area contributed by atoms with Crippen LogP contribution in [0.5, 0.6) is 0 Å². The molecule has 6 nitrogen and oxygen atoms in total. The summed E-state index contributed by atoms with van der Waals surface area (Å²) in [4.78, 5) is 35.2. The monoisotopic (exact) mass is 296 g/mol. The smallest absolute Gasteiger partial charge is 0.335 e. The van der Waals surface area contributed by atoms with Gasteiger partial charge >= 0.3 is 5.69 Å². The molecule has 0 amide bonds. The number of carbonyl (C=O) groups excluding carboxylic acids is 1. The van der Waals surface area contributed by atoms with E-state index < -0.39 is 23.8 Å². The molecule has 0 aliphatic heterocycles. The van der Waals surface area contributed by atoms with Crippen LogP contribution in [0, 0.1) is 3.57 Å². The van der Waals surface area contributed by atoms with E-state index in [1.54, 1.807) is 22.6 Å². The molecule has 0 spiro atoms. The van der Waals surface area contributed by atoms with Gasteiger partial charge in [-0.2, -0.15) is 4.57 Å². The van der Waals surface area contributed by atoms with Gasteiger partial charge < -0.3 is 10.1 Å². The molecule has 0 aliphatic carbocycles. The molecule has 0 aliphatic rings. The molecule has 0 bridgehead atoms. The highest BCUT2D eigenvalue weighted by atomic mass is 127. The van der Waals surface area contributed by atoms with Gasteiger partial charge in [-0.25, -0.2) is 4.79 Å². The van der Waals surface area contributed by atoms with Crippen LogP contribution in [0.2, 0.25) is 0 Å². The molecule has 13 heavy (non-hydrogen) atoms. The number of hydrogen-bond donors (Lipinski definition) is 2. The van der Waals surface area contributed by atoms with E-state index in [9.17, 15) is 14.4 Å². The average molecular weight is 296 g/mol. The van der Waals surface area contributed by atoms with Gasteiger partial charge in [0.1, 0.15) is 6.61 Å². The maximum atomic E-state index is 11.2. The summed E-state index contributed by atoms with van der Waals surface area (Å²) in [6.45, 7) is -0.872. The predicted octanol–water partition coefficient (Wildman–Crippen LogP) is -1.23. The van der Waals surface area contributed by atoms with E-state index in [1.165, 1.54) is 6.20 Å². The zero-order valence-corrected chi connectivity index (χ0v) is 8.44. The zero-order valence-electron chi connectivity index (χ0n) is 6.28. The van der Waals surface area contributed by atoms with E-state index in [2.05, 4.69) is 4.98 Å². The molecule has 0 saturated heterocycles. The molecular formula is C6H5IN2O4. The lowest BCUT2D eigenvalue weighted by Crippen LogP contribution is -2.41. The van der Waals surface area contributed by atoms with Gasteiger partial charge in [-0.1, -0.05) is 0 Å². The Balaban J connectivity index is 3.52. The Morgan fingerprint density at radius 3 is 2.77 bits per heavy atom. The van der Waals surface area contributed by atoms with E-state index in [-0.39, 0.29) is 3.57 Å². The second kappa shape index (κ2) is 3.83. The van der Waals surface area contributed by atoms with E-state index in [0.717, 1.165) is 0 Å². The number of halogens is 1. The number of aliphatic hydroxyl groups is 1. The summed E-state index contributed by atoms with van der Waals surface area (Å²) in [5.41, 5.74) is -1.56. The SMILES string of the molecule is O=C(CO)n1c(=O)[nH]cc(I)c1=O. The van der Waals surface area contributed by atoms with Gasteiger partial charge in [0.05, 0.1) is 3.57 Å². The highest BCUT2D eigenvalue weighted by molar-refractivity contribution is 14.1. The Labute approximate surface area is 85.4 Å². The Bertz CT molecular complexity index is 447. The molecule has 70 valence electrons. The van der Waals surface area contributed by atoms with Crippen LogP contribution < -0.4 is 11.2 Å². The number of carbonyl (C=O) groups is 1. The van der Waals surface area contributed by atoms with Crippen LogP contribution in [0.15, 0.2) is 15.8 Å². The fraction of sp³-hybridized carbons (Fsp3) is 0.167. The third-order valence-electron chi connectivity index (χ3n) is 1.32. The van der Waals surface area contributed by atoms with Crippen LogP contribution in [-0.2, 0) is 0 Å². The van der Waals surface area contributed by atoms with Crippen LogP contribution in [0.25, 0.3) is 0 Å². The lowest BCUT2D eigenvalue weighted by atomic mass is 10.5. The molecule has 1 aromatic rings. The molecular weight excluding hydrogens is 291 g/mol. The zero-order chi connectivity index (χ0) is 10.0. The first-order valence-corrected chi connectivity index (χ1v) is 4.30. The number of rotatable bonds is 1. The van der Waals surface area contributed by atoms with E-state index in [0.29, 0.717) is 4.57 Å². The minimum Gasteiger partial charge on any atom is -0.386 e. The van der Waals surface area contributed by atoms with E-state index in [1.807, 2.05) is 0 Å². The summed E-state index contributed by atoms with van der Waals surface area (Å²) in [7, 11) is 0. The quantitative estimate of drug-likeness (QED) is 0.635. The third-order valence-corrected chi connectivity index (χ3v) is 2.09. The Morgan fingerprint density at radius 2 is 2.23 bits per heavy atom. The van der Waals surface area contributed by atoms with Crippen LogP contribution in [0.4, 0.5) is 0 Å². The number of aliphatic hydroxyl groups excluding tert-OH is 1. The van der Waals surface area contributed by atoms with Crippen LogP contribution in [0.1, 0.15) is 4.79 Å². The fourth-order valence-electron chi connectivity index (χ4n) is 0.748. The molecule has 0 fully saturated rings. The van der Waals surface area contributed by atoms with Gasteiger partial charge in [0.15, 0.2) is 0 Å². The maximum absolute atomic E-state index is 11.2. The maximum Gasteiger partial charge on any atom is 0.335 e. The lowest BCUT2D eigenvalue weighted by Gasteiger charge is -1.99. The molecule has 1 aromatic heterocycles. The van der Waals surface area contributed by atoms with Gasteiger partial charge in [-0.15, -0.1) is 0 Å². The lowest BCUT2D eigenvalue weighted by molar-refractivity contribution is 0.0807. The highest BCUT2D eigenvalue weighted by Crippen LogP contribution is 1.90. The standard InChI is InChI=1S/C6H5IN2O4/c7-3-1-8-6(13)9(5(3)12)4(11)2-10/h1,10H,2H2,(H,8,13). The summed E-state index contributed by atoms with van der Waals surface area (Å²) in [5, 5.41) is 8.46. The van der Waals surface area contributed by atoms with Crippen molar-refractivity contribution < 1.29 is 9.90 Å². The Hall–Kier alpha value is -0.960. The number of H-pyrrole nitrogens is 1. The first-order chi connectivity index (χ1) is 6.07. The van der Waals surface area contributed by atoms with Crippen molar-refractivity contribution in [2.24, 2.45) is 0 Å². The Morgan fingerprint density at radius 1 is 1.62 bits per heavy atom. The van der Waals surface area contributed by atoms with Crippen molar-refractivity contribution in [3.63, 3.8) is 0 Å². The minimum absolute atomic E-state index is 0.207. The topological polar surface area (TPSA) is 92.2 Å². The average Bonchev–Trinajstić information content (AvgIpc) is 2.12. The van der Waals surface area contributed by atoms with Gasteiger partial charge in [-0.3, -0.25) is 9.59 Å². The first-order valence-electron chi connectivity index (χ1n) is 3.22. The van der Waals surface area contributed by atoms with Gasteiger partial charge in [0.25, 0.3) is 11.5 Å². The summed E-state index contributed by atoms with van der Waals surface area (Å²) in [6.07, 6.45) is 1.20. The summed E-state index contributed by atoms with van der Waals surface area (Å²) in [6, 6.07) is 0. The summed E-state index contributed by atoms with van der Waals surface area (Å²) in [5.74, 6) is -0.940. The van der Waals surface area contributed by atoms with Crippen molar-refractivity contribution in [3.8, 4) is 0 Å². The first kappa shape index (κ1) is 10.1. The van der Waals surface area contributed by atoms with Crippen molar-refractivity contribution in [2.75, 3.05) is 6.61 Å².